The standard InChI is InChI=1S/C21H32N2/c1-7-18-14-17(5)21(13-16(3)4)19(15-18)11-9-10-12-20(8-2)23-22-6/h8,14-15H,3,7,9-13H2,1-2,4-6H3/b20-8-,23-22?. The molecular formula is C21H32N2. The molecule has 0 amide bonds. The maximum absolute atomic E-state index is 4.16. The minimum atomic E-state index is 0.995. The van der Waals surface area contributed by atoms with Crippen LogP contribution in [0.15, 0.2) is 46.3 Å². The molecule has 0 aliphatic rings. The lowest BCUT2D eigenvalue weighted by Gasteiger charge is -2.15. The number of azo groups is 1. The van der Waals surface area contributed by atoms with Gasteiger partial charge in [0.2, 0.25) is 0 Å². The fourth-order valence-electron chi connectivity index (χ4n) is 2.96. The van der Waals surface area contributed by atoms with E-state index in [-0.39, 0.29) is 0 Å². The summed E-state index contributed by atoms with van der Waals surface area (Å²) in [5.41, 5.74) is 8.16. The van der Waals surface area contributed by atoms with Crippen LogP contribution in [0.4, 0.5) is 0 Å². The molecule has 0 radical (unpaired) electrons. The Morgan fingerprint density at radius 1 is 1.26 bits per heavy atom. The Morgan fingerprint density at radius 3 is 2.57 bits per heavy atom. The van der Waals surface area contributed by atoms with Gasteiger partial charge in [-0.05, 0) is 81.5 Å². The Hall–Kier alpha value is -1.70. The van der Waals surface area contributed by atoms with E-state index in [9.17, 15) is 0 Å². The molecule has 0 bridgehead atoms. The van der Waals surface area contributed by atoms with Gasteiger partial charge >= 0.3 is 0 Å². The molecule has 23 heavy (non-hydrogen) atoms. The first-order valence-corrected chi connectivity index (χ1v) is 8.72. The lowest BCUT2D eigenvalue weighted by atomic mass is 9.90. The monoisotopic (exact) mass is 312 g/mol. The van der Waals surface area contributed by atoms with Crippen LogP contribution in [0.1, 0.15) is 62.3 Å². The number of allylic oxidation sites excluding steroid dienone is 3. The Balaban J connectivity index is 2.77. The van der Waals surface area contributed by atoms with Gasteiger partial charge in [0.1, 0.15) is 0 Å². The van der Waals surface area contributed by atoms with Crippen molar-refractivity contribution in [2.75, 3.05) is 7.05 Å². The zero-order valence-electron chi connectivity index (χ0n) is 15.6. The first-order valence-electron chi connectivity index (χ1n) is 8.72. The number of nitrogens with zero attached hydrogens (tertiary/aromatic N) is 2. The summed E-state index contributed by atoms with van der Waals surface area (Å²) in [5.74, 6) is 0. The second-order valence-electron chi connectivity index (χ2n) is 6.32. The molecule has 0 saturated heterocycles. The van der Waals surface area contributed by atoms with E-state index in [0.717, 1.165) is 37.8 Å². The van der Waals surface area contributed by atoms with Gasteiger partial charge in [0.05, 0.1) is 5.70 Å². The van der Waals surface area contributed by atoms with Crippen molar-refractivity contribution in [1.82, 2.24) is 0 Å². The summed E-state index contributed by atoms with van der Waals surface area (Å²) < 4.78 is 0. The largest absolute Gasteiger partial charge is 0.192 e. The summed E-state index contributed by atoms with van der Waals surface area (Å²) in [7, 11) is 1.73. The third-order valence-electron chi connectivity index (χ3n) is 4.20. The van der Waals surface area contributed by atoms with Gasteiger partial charge in [0, 0.05) is 7.05 Å². The third-order valence-corrected chi connectivity index (χ3v) is 4.20. The summed E-state index contributed by atoms with van der Waals surface area (Å²) in [6, 6.07) is 4.73. The molecule has 1 rings (SSSR count). The van der Waals surface area contributed by atoms with E-state index in [0.29, 0.717) is 0 Å². The van der Waals surface area contributed by atoms with Crippen LogP contribution in [0.2, 0.25) is 0 Å². The molecule has 0 heterocycles. The fourth-order valence-corrected chi connectivity index (χ4v) is 2.96. The maximum Gasteiger partial charge on any atom is 0.0583 e. The fraction of sp³-hybridized carbons (Fsp3) is 0.524. The van der Waals surface area contributed by atoms with Crippen molar-refractivity contribution in [3.05, 3.63) is 58.3 Å². The number of aryl methyl sites for hydroxylation is 3. The molecule has 0 unspecified atom stereocenters. The van der Waals surface area contributed by atoms with Crippen molar-refractivity contribution in [3.8, 4) is 0 Å². The molecule has 0 atom stereocenters. The van der Waals surface area contributed by atoms with Gasteiger partial charge in [-0.1, -0.05) is 37.3 Å². The first kappa shape index (κ1) is 19.3. The van der Waals surface area contributed by atoms with E-state index < -0.39 is 0 Å². The van der Waals surface area contributed by atoms with Crippen LogP contribution in [0.3, 0.4) is 0 Å². The van der Waals surface area contributed by atoms with Crippen molar-refractivity contribution in [2.24, 2.45) is 10.2 Å². The van der Waals surface area contributed by atoms with E-state index in [1.54, 1.807) is 7.05 Å². The minimum Gasteiger partial charge on any atom is -0.192 e. The molecule has 0 saturated carbocycles. The van der Waals surface area contributed by atoms with Crippen molar-refractivity contribution < 1.29 is 0 Å². The van der Waals surface area contributed by atoms with Gasteiger partial charge in [0.25, 0.3) is 0 Å². The highest BCUT2D eigenvalue weighted by atomic mass is 15.1. The molecule has 1 aromatic rings. The first-order chi connectivity index (χ1) is 11.0. The molecule has 1 aromatic carbocycles. The van der Waals surface area contributed by atoms with Crippen LogP contribution in [-0.2, 0) is 19.3 Å². The van der Waals surface area contributed by atoms with Gasteiger partial charge in [-0.2, -0.15) is 10.2 Å². The number of benzene rings is 1. The predicted octanol–water partition coefficient (Wildman–Crippen LogP) is 6.37. The second-order valence-corrected chi connectivity index (χ2v) is 6.32. The Labute approximate surface area is 142 Å². The SMILES string of the molecule is C=C(C)Cc1c(C)cc(CC)cc1CCCC/C(=C/C)N=NC. The van der Waals surface area contributed by atoms with Crippen LogP contribution in [0.5, 0.6) is 0 Å². The molecule has 0 spiro atoms. The summed E-state index contributed by atoms with van der Waals surface area (Å²) in [4.78, 5) is 0. The number of hydrogen-bond donors (Lipinski definition) is 0. The lowest BCUT2D eigenvalue weighted by Crippen LogP contribution is -2.01. The van der Waals surface area contributed by atoms with Gasteiger partial charge in [-0.25, -0.2) is 0 Å². The van der Waals surface area contributed by atoms with E-state index in [2.05, 4.69) is 55.8 Å². The minimum absolute atomic E-state index is 0.995. The maximum atomic E-state index is 4.16. The van der Waals surface area contributed by atoms with Gasteiger partial charge in [-0.15, -0.1) is 0 Å². The summed E-state index contributed by atoms with van der Waals surface area (Å²) in [6.45, 7) is 12.7. The van der Waals surface area contributed by atoms with Gasteiger partial charge in [-0.3, -0.25) is 0 Å². The van der Waals surface area contributed by atoms with Crippen LogP contribution >= 0.6 is 0 Å². The van der Waals surface area contributed by atoms with Crippen LogP contribution < -0.4 is 0 Å². The van der Waals surface area contributed by atoms with E-state index in [1.165, 1.54) is 34.2 Å². The molecule has 0 fully saturated rings. The highest BCUT2D eigenvalue weighted by Crippen LogP contribution is 2.23. The van der Waals surface area contributed by atoms with E-state index in [1.807, 2.05) is 6.92 Å². The van der Waals surface area contributed by atoms with E-state index >= 15 is 0 Å². The van der Waals surface area contributed by atoms with Crippen molar-refractivity contribution >= 4 is 0 Å². The summed E-state index contributed by atoms with van der Waals surface area (Å²) in [5, 5.41) is 8.03. The van der Waals surface area contributed by atoms with Gasteiger partial charge in [0.15, 0.2) is 0 Å². The molecular weight excluding hydrogens is 280 g/mol. The van der Waals surface area contributed by atoms with Gasteiger partial charge < -0.3 is 0 Å². The molecule has 0 aromatic heterocycles. The third kappa shape index (κ3) is 6.52. The van der Waals surface area contributed by atoms with E-state index in [4.69, 9.17) is 0 Å². The molecule has 0 N–H and O–H groups in total. The summed E-state index contributed by atoms with van der Waals surface area (Å²) in [6.07, 6.45) is 8.64. The smallest absolute Gasteiger partial charge is 0.0583 e. The van der Waals surface area contributed by atoms with Crippen molar-refractivity contribution in [2.45, 2.75) is 66.2 Å². The number of hydrogen-bond acceptors (Lipinski definition) is 2. The zero-order valence-corrected chi connectivity index (χ0v) is 15.6. The van der Waals surface area contributed by atoms with Crippen LogP contribution in [0, 0.1) is 6.92 Å². The predicted molar refractivity (Wildman–Crippen MR) is 101 cm³/mol. The number of unbranched alkanes of at least 4 members (excludes halogenated alkanes) is 1. The molecule has 2 heteroatoms. The molecule has 126 valence electrons. The average Bonchev–Trinajstić information content (AvgIpc) is 2.52. The lowest BCUT2D eigenvalue weighted by molar-refractivity contribution is 0.714. The van der Waals surface area contributed by atoms with Crippen molar-refractivity contribution in [1.29, 1.82) is 0 Å². The average molecular weight is 313 g/mol. The van der Waals surface area contributed by atoms with Crippen molar-refractivity contribution in [3.63, 3.8) is 0 Å². The van der Waals surface area contributed by atoms with Crippen LogP contribution in [0.25, 0.3) is 0 Å². The Bertz CT molecular complexity index is 580. The highest BCUT2D eigenvalue weighted by Gasteiger charge is 2.08. The highest BCUT2D eigenvalue weighted by molar-refractivity contribution is 5.40. The zero-order chi connectivity index (χ0) is 17.2. The second kappa shape index (κ2) is 10.1. The van der Waals surface area contributed by atoms with Crippen LogP contribution in [-0.4, -0.2) is 7.05 Å². The number of rotatable bonds is 9. The molecule has 0 aliphatic heterocycles. The Kier molecular flexibility index (Phi) is 8.53. The molecule has 2 nitrogen and oxygen atoms in total. The quantitative estimate of drug-likeness (QED) is 0.287. The Morgan fingerprint density at radius 2 is 2.00 bits per heavy atom. The molecule has 0 aliphatic carbocycles. The normalized spacial score (nSPS) is 12.1. The topological polar surface area (TPSA) is 24.7 Å². The summed E-state index contributed by atoms with van der Waals surface area (Å²) >= 11 is 0.